The van der Waals surface area contributed by atoms with Crippen LogP contribution in [0.1, 0.15) is 33.1 Å². The number of aryl methyl sites for hydroxylation is 1. The number of rotatable bonds is 7. The van der Waals surface area contributed by atoms with Crippen molar-refractivity contribution in [1.82, 2.24) is 9.55 Å². The molecule has 5 heteroatoms. The lowest BCUT2D eigenvalue weighted by Gasteiger charge is -2.18. The first-order valence-corrected chi connectivity index (χ1v) is 6.75. The fourth-order valence-corrected chi connectivity index (χ4v) is 2.36. The fourth-order valence-electron chi connectivity index (χ4n) is 1.43. The van der Waals surface area contributed by atoms with E-state index in [1.165, 1.54) is 0 Å². The van der Waals surface area contributed by atoms with E-state index in [1.807, 2.05) is 17.8 Å². The number of thioether (sulfide) groups is 1. The van der Waals surface area contributed by atoms with Gasteiger partial charge in [0.15, 0.2) is 5.16 Å². The van der Waals surface area contributed by atoms with Crippen molar-refractivity contribution >= 4 is 17.7 Å². The molecule has 0 aromatic carbocycles. The van der Waals surface area contributed by atoms with Crippen LogP contribution in [0.15, 0.2) is 17.6 Å². The summed E-state index contributed by atoms with van der Waals surface area (Å²) < 4.78 is 1.99. The molecule has 0 aliphatic rings. The second-order valence-electron chi connectivity index (χ2n) is 4.82. The van der Waals surface area contributed by atoms with E-state index in [2.05, 4.69) is 4.98 Å². The average molecular weight is 256 g/mol. The van der Waals surface area contributed by atoms with Gasteiger partial charge in [-0.25, -0.2) is 4.98 Å². The lowest BCUT2D eigenvalue weighted by atomic mass is 9.88. The van der Waals surface area contributed by atoms with Crippen LogP contribution in [0.3, 0.4) is 0 Å². The quantitative estimate of drug-likeness (QED) is 0.602. The minimum atomic E-state index is -0.714. The van der Waals surface area contributed by atoms with Gasteiger partial charge in [-0.05, 0) is 26.7 Å². The van der Waals surface area contributed by atoms with Gasteiger partial charge in [-0.3, -0.25) is 4.79 Å². The summed E-state index contributed by atoms with van der Waals surface area (Å²) >= 11 is 1.72. The standard InChI is InChI=1S/C12H20N2O2S/c1-12(2,10(15)16)6-4-5-9-17-11-13-7-8-14(11)3/h7-8H,4-6,9H2,1-3H3,(H,15,16). The molecule has 17 heavy (non-hydrogen) atoms. The number of hydrogen-bond donors (Lipinski definition) is 1. The number of unbranched alkanes of at least 4 members (excludes halogenated alkanes) is 1. The third-order valence-electron chi connectivity index (χ3n) is 2.78. The number of carbonyl (C=O) groups is 1. The van der Waals surface area contributed by atoms with E-state index in [-0.39, 0.29) is 0 Å². The maximum Gasteiger partial charge on any atom is 0.309 e. The van der Waals surface area contributed by atoms with Crippen molar-refractivity contribution in [2.45, 2.75) is 38.3 Å². The van der Waals surface area contributed by atoms with Crippen molar-refractivity contribution in [2.24, 2.45) is 12.5 Å². The highest BCUT2D eigenvalue weighted by atomic mass is 32.2. The van der Waals surface area contributed by atoms with E-state index >= 15 is 0 Å². The van der Waals surface area contributed by atoms with Crippen LogP contribution in [0.4, 0.5) is 0 Å². The van der Waals surface area contributed by atoms with E-state index in [0.29, 0.717) is 0 Å². The highest BCUT2D eigenvalue weighted by Gasteiger charge is 2.25. The van der Waals surface area contributed by atoms with Crippen molar-refractivity contribution in [3.8, 4) is 0 Å². The lowest BCUT2D eigenvalue weighted by molar-refractivity contribution is -0.147. The Hall–Kier alpha value is -0.970. The van der Waals surface area contributed by atoms with Gasteiger partial charge in [0.2, 0.25) is 0 Å². The zero-order chi connectivity index (χ0) is 12.9. The molecule has 0 atom stereocenters. The number of hydrogen-bond acceptors (Lipinski definition) is 3. The molecule has 0 saturated carbocycles. The molecule has 0 unspecified atom stereocenters. The number of imidazole rings is 1. The summed E-state index contributed by atoms with van der Waals surface area (Å²) in [5.74, 6) is 0.273. The van der Waals surface area contributed by atoms with E-state index in [9.17, 15) is 4.79 Å². The molecule has 0 spiro atoms. The minimum absolute atomic E-state index is 0.603. The first-order chi connectivity index (χ1) is 7.93. The average Bonchev–Trinajstić information content (AvgIpc) is 2.63. The Morgan fingerprint density at radius 3 is 2.76 bits per heavy atom. The number of aromatic nitrogens is 2. The maximum atomic E-state index is 10.9. The Morgan fingerprint density at radius 1 is 1.53 bits per heavy atom. The van der Waals surface area contributed by atoms with Gasteiger partial charge in [0.25, 0.3) is 0 Å². The van der Waals surface area contributed by atoms with Crippen LogP contribution >= 0.6 is 11.8 Å². The Labute approximate surface area is 106 Å². The molecule has 96 valence electrons. The molecule has 1 aromatic heterocycles. The van der Waals surface area contributed by atoms with Crippen molar-refractivity contribution in [3.63, 3.8) is 0 Å². The van der Waals surface area contributed by atoms with Crippen molar-refractivity contribution in [3.05, 3.63) is 12.4 Å². The molecular formula is C12H20N2O2S. The first-order valence-electron chi connectivity index (χ1n) is 5.77. The van der Waals surface area contributed by atoms with Crippen LogP contribution in [-0.4, -0.2) is 26.4 Å². The Morgan fingerprint density at radius 2 is 2.24 bits per heavy atom. The van der Waals surface area contributed by atoms with Crippen LogP contribution in [0.5, 0.6) is 0 Å². The predicted octanol–water partition coefficient (Wildman–Crippen LogP) is 2.79. The summed E-state index contributed by atoms with van der Waals surface area (Å²) in [4.78, 5) is 15.1. The number of aliphatic carboxylic acids is 1. The molecule has 0 saturated heterocycles. The maximum absolute atomic E-state index is 10.9. The van der Waals surface area contributed by atoms with E-state index in [4.69, 9.17) is 5.11 Å². The molecule has 0 amide bonds. The van der Waals surface area contributed by atoms with Crippen LogP contribution in [0.2, 0.25) is 0 Å². The van der Waals surface area contributed by atoms with Gasteiger partial charge in [-0.15, -0.1) is 0 Å². The van der Waals surface area contributed by atoms with Crippen molar-refractivity contribution in [1.29, 1.82) is 0 Å². The highest BCUT2D eigenvalue weighted by molar-refractivity contribution is 7.99. The van der Waals surface area contributed by atoms with E-state index < -0.39 is 11.4 Å². The summed E-state index contributed by atoms with van der Waals surface area (Å²) in [6, 6.07) is 0. The summed E-state index contributed by atoms with van der Waals surface area (Å²) in [6.07, 6.45) is 6.40. The third-order valence-corrected chi connectivity index (χ3v) is 3.93. The van der Waals surface area contributed by atoms with Crippen LogP contribution < -0.4 is 0 Å². The molecule has 1 rings (SSSR count). The lowest BCUT2D eigenvalue weighted by Crippen LogP contribution is -2.23. The van der Waals surface area contributed by atoms with Crippen LogP contribution in [0, 0.1) is 5.41 Å². The molecule has 4 nitrogen and oxygen atoms in total. The number of carboxylic acid groups (broad SMARTS) is 1. The third kappa shape index (κ3) is 4.42. The zero-order valence-corrected chi connectivity index (χ0v) is 11.5. The van der Waals surface area contributed by atoms with E-state index in [1.54, 1.807) is 31.8 Å². The summed E-state index contributed by atoms with van der Waals surface area (Å²) in [7, 11) is 1.98. The number of carboxylic acids is 1. The van der Waals surface area contributed by atoms with Gasteiger partial charge < -0.3 is 9.67 Å². The van der Waals surface area contributed by atoms with Crippen molar-refractivity contribution < 1.29 is 9.90 Å². The Kier molecular flexibility index (Phi) is 5.05. The van der Waals surface area contributed by atoms with Gasteiger partial charge in [-0.1, -0.05) is 18.2 Å². The van der Waals surface area contributed by atoms with Crippen LogP contribution in [0.25, 0.3) is 0 Å². The SMILES string of the molecule is Cn1ccnc1SCCCCC(C)(C)C(=O)O. The molecular weight excluding hydrogens is 236 g/mol. The topological polar surface area (TPSA) is 55.1 Å². The number of nitrogens with zero attached hydrogens (tertiary/aromatic N) is 2. The minimum Gasteiger partial charge on any atom is -0.481 e. The first kappa shape index (κ1) is 14.1. The van der Waals surface area contributed by atoms with Crippen LogP contribution in [-0.2, 0) is 11.8 Å². The molecule has 0 fully saturated rings. The predicted molar refractivity (Wildman–Crippen MR) is 69.2 cm³/mol. The van der Waals surface area contributed by atoms with Gasteiger partial charge in [0.1, 0.15) is 0 Å². The zero-order valence-electron chi connectivity index (χ0n) is 10.6. The summed E-state index contributed by atoms with van der Waals surface area (Å²) in [5, 5.41) is 9.98. The van der Waals surface area contributed by atoms with Gasteiger partial charge in [-0.2, -0.15) is 0 Å². The van der Waals surface area contributed by atoms with Crippen molar-refractivity contribution in [2.75, 3.05) is 5.75 Å². The van der Waals surface area contributed by atoms with E-state index in [0.717, 1.165) is 30.2 Å². The van der Waals surface area contributed by atoms with Gasteiger partial charge >= 0.3 is 5.97 Å². The summed E-state index contributed by atoms with van der Waals surface area (Å²) in [6.45, 7) is 3.56. The highest BCUT2D eigenvalue weighted by Crippen LogP contribution is 2.24. The molecule has 0 aliphatic heterocycles. The summed E-state index contributed by atoms with van der Waals surface area (Å²) in [5.41, 5.74) is -0.603. The fraction of sp³-hybridized carbons (Fsp3) is 0.667. The Balaban J connectivity index is 2.17. The Bertz CT molecular complexity index is 374. The smallest absolute Gasteiger partial charge is 0.309 e. The molecule has 0 bridgehead atoms. The normalized spacial score (nSPS) is 11.7. The molecule has 1 N–H and O–H groups in total. The molecule has 0 radical (unpaired) electrons. The van der Waals surface area contributed by atoms with Gasteiger partial charge in [0, 0.05) is 25.2 Å². The molecule has 1 heterocycles. The van der Waals surface area contributed by atoms with Gasteiger partial charge in [0.05, 0.1) is 5.41 Å². The molecule has 1 aromatic rings. The second-order valence-corrected chi connectivity index (χ2v) is 5.88. The molecule has 0 aliphatic carbocycles. The largest absolute Gasteiger partial charge is 0.481 e. The second kappa shape index (κ2) is 6.10. The monoisotopic (exact) mass is 256 g/mol.